The number of aromatic nitrogens is 3. The monoisotopic (exact) mass is 342 g/mol. The van der Waals surface area contributed by atoms with Crippen LogP contribution in [0.4, 0.5) is 5.82 Å². The van der Waals surface area contributed by atoms with Crippen LogP contribution in [0.5, 0.6) is 5.75 Å². The van der Waals surface area contributed by atoms with Gasteiger partial charge in [0.1, 0.15) is 17.1 Å². The molecule has 6 heteroatoms. The van der Waals surface area contributed by atoms with Crippen molar-refractivity contribution < 1.29 is 4.74 Å². The minimum Gasteiger partial charge on any atom is -0.497 e. The van der Waals surface area contributed by atoms with Crippen molar-refractivity contribution in [2.75, 3.05) is 25.1 Å². The van der Waals surface area contributed by atoms with E-state index in [1.807, 2.05) is 6.07 Å². The first kappa shape index (κ1) is 15.3. The van der Waals surface area contributed by atoms with E-state index in [9.17, 15) is 0 Å². The molecule has 0 bridgehead atoms. The van der Waals surface area contributed by atoms with Gasteiger partial charge in [0.25, 0.3) is 0 Å². The molecule has 5 nitrogen and oxygen atoms in total. The summed E-state index contributed by atoms with van der Waals surface area (Å²) in [4.78, 5) is 13.9. The van der Waals surface area contributed by atoms with E-state index in [1.165, 1.54) is 10.9 Å². The van der Waals surface area contributed by atoms with E-state index in [0.717, 1.165) is 43.0 Å². The summed E-state index contributed by atoms with van der Waals surface area (Å²) in [5, 5.41) is 1.88. The lowest BCUT2D eigenvalue weighted by Crippen LogP contribution is -2.33. The Bertz CT molecular complexity index is 855. The van der Waals surface area contributed by atoms with Crippen LogP contribution in [0, 0.1) is 0 Å². The first-order valence-corrected chi connectivity index (χ1v) is 8.49. The Labute approximate surface area is 145 Å². The summed E-state index contributed by atoms with van der Waals surface area (Å²) < 4.78 is 5.37. The molecule has 0 aliphatic carbocycles. The van der Waals surface area contributed by atoms with E-state index < -0.39 is 0 Å². The molecule has 0 atom stereocenters. The number of nitrogens with zero attached hydrogens (tertiary/aromatic N) is 3. The van der Waals surface area contributed by atoms with E-state index >= 15 is 0 Å². The third-order valence-electron chi connectivity index (χ3n) is 4.80. The topological polar surface area (TPSA) is 54.0 Å². The Balaban J connectivity index is 1.55. The SMILES string of the molecule is COc1ccc2[nH]cc(C3CCN(c4ncncc4Cl)CC3)c2c1. The molecular formula is C18H19ClN4O. The van der Waals surface area contributed by atoms with Crippen LogP contribution < -0.4 is 9.64 Å². The summed E-state index contributed by atoms with van der Waals surface area (Å²) in [6.45, 7) is 1.89. The van der Waals surface area contributed by atoms with E-state index in [1.54, 1.807) is 19.6 Å². The van der Waals surface area contributed by atoms with Crippen molar-refractivity contribution in [1.29, 1.82) is 0 Å². The summed E-state index contributed by atoms with van der Waals surface area (Å²) >= 11 is 6.22. The number of H-pyrrole nitrogens is 1. The average molecular weight is 343 g/mol. The highest BCUT2D eigenvalue weighted by atomic mass is 35.5. The van der Waals surface area contributed by atoms with Gasteiger partial charge in [-0.3, -0.25) is 0 Å². The second-order valence-electron chi connectivity index (χ2n) is 6.11. The fourth-order valence-corrected chi connectivity index (χ4v) is 3.75. The van der Waals surface area contributed by atoms with Crippen molar-refractivity contribution in [1.82, 2.24) is 15.0 Å². The van der Waals surface area contributed by atoms with Gasteiger partial charge in [-0.05, 0) is 42.5 Å². The number of hydrogen-bond acceptors (Lipinski definition) is 4. The van der Waals surface area contributed by atoms with Gasteiger partial charge >= 0.3 is 0 Å². The highest BCUT2D eigenvalue weighted by Crippen LogP contribution is 2.36. The lowest BCUT2D eigenvalue weighted by Gasteiger charge is -2.33. The summed E-state index contributed by atoms with van der Waals surface area (Å²) in [5.41, 5.74) is 2.53. The Morgan fingerprint density at radius 1 is 1.29 bits per heavy atom. The molecule has 1 aliphatic rings. The van der Waals surface area contributed by atoms with Crippen LogP contribution >= 0.6 is 11.6 Å². The van der Waals surface area contributed by atoms with Gasteiger partial charge in [0.15, 0.2) is 5.82 Å². The zero-order valence-corrected chi connectivity index (χ0v) is 14.3. The smallest absolute Gasteiger partial charge is 0.150 e. The maximum absolute atomic E-state index is 6.22. The van der Waals surface area contributed by atoms with Gasteiger partial charge in [-0.1, -0.05) is 11.6 Å². The average Bonchev–Trinajstić information content (AvgIpc) is 3.05. The molecule has 0 amide bonds. The van der Waals surface area contributed by atoms with Crippen LogP contribution in [0.1, 0.15) is 24.3 Å². The maximum Gasteiger partial charge on any atom is 0.150 e. The second-order valence-corrected chi connectivity index (χ2v) is 6.52. The molecular weight excluding hydrogens is 324 g/mol. The van der Waals surface area contributed by atoms with Crippen LogP contribution in [-0.4, -0.2) is 35.2 Å². The first-order valence-electron chi connectivity index (χ1n) is 8.11. The molecule has 3 heterocycles. The van der Waals surface area contributed by atoms with Crippen LogP contribution in [0.3, 0.4) is 0 Å². The molecule has 1 aliphatic heterocycles. The minimum absolute atomic E-state index is 0.530. The van der Waals surface area contributed by atoms with Crippen molar-refractivity contribution in [2.24, 2.45) is 0 Å². The number of benzene rings is 1. The molecule has 1 fully saturated rings. The molecule has 3 aromatic rings. The fourth-order valence-electron chi connectivity index (χ4n) is 3.53. The molecule has 0 saturated carbocycles. The van der Waals surface area contributed by atoms with Crippen molar-refractivity contribution in [2.45, 2.75) is 18.8 Å². The number of nitrogens with one attached hydrogen (secondary N) is 1. The number of halogens is 1. The van der Waals surface area contributed by atoms with Gasteiger partial charge in [-0.25, -0.2) is 9.97 Å². The number of rotatable bonds is 3. The number of piperidine rings is 1. The van der Waals surface area contributed by atoms with Gasteiger partial charge in [0.2, 0.25) is 0 Å². The quantitative estimate of drug-likeness (QED) is 0.781. The molecule has 124 valence electrons. The van der Waals surface area contributed by atoms with Gasteiger partial charge in [-0.2, -0.15) is 0 Å². The minimum atomic E-state index is 0.530. The van der Waals surface area contributed by atoms with E-state index in [0.29, 0.717) is 10.9 Å². The Hall–Kier alpha value is -2.27. The van der Waals surface area contributed by atoms with Crippen LogP contribution in [0.25, 0.3) is 10.9 Å². The molecule has 1 saturated heterocycles. The number of hydrogen-bond donors (Lipinski definition) is 1. The summed E-state index contributed by atoms with van der Waals surface area (Å²) in [5.74, 6) is 2.27. The van der Waals surface area contributed by atoms with E-state index in [2.05, 4.69) is 38.2 Å². The Morgan fingerprint density at radius 2 is 2.12 bits per heavy atom. The largest absolute Gasteiger partial charge is 0.497 e. The highest BCUT2D eigenvalue weighted by Gasteiger charge is 2.24. The van der Waals surface area contributed by atoms with Crippen molar-refractivity contribution in [3.05, 3.63) is 47.5 Å². The second kappa shape index (κ2) is 6.32. The van der Waals surface area contributed by atoms with Crippen LogP contribution in [-0.2, 0) is 0 Å². The number of methoxy groups -OCH3 is 1. The molecule has 1 N–H and O–H groups in total. The number of aromatic amines is 1. The maximum atomic E-state index is 6.22. The van der Waals surface area contributed by atoms with Gasteiger partial charge < -0.3 is 14.6 Å². The molecule has 4 rings (SSSR count). The zero-order chi connectivity index (χ0) is 16.5. The van der Waals surface area contributed by atoms with Gasteiger partial charge in [0.05, 0.1) is 13.3 Å². The fraction of sp³-hybridized carbons (Fsp3) is 0.333. The van der Waals surface area contributed by atoms with E-state index in [4.69, 9.17) is 16.3 Å². The molecule has 0 spiro atoms. The van der Waals surface area contributed by atoms with Gasteiger partial charge in [-0.15, -0.1) is 0 Å². The third kappa shape index (κ3) is 2.69. The van der Waals surface area contributed by atoms with E-state index in [-0.39, 0.29) is 0 Å². The Kier molecular flexibility index (Phi) is 4.02. The summed E-state index contributed by atoms with van der Waals surface area (Å²) in [6, 6.07) is 6.19. The summed E-state index contributed by atoms with van der Waals surface area (Å²) in [6.07, 6.45) is 7.50. The van der Waals surface area contributed by atoms with Crippen LogP contribution in [0.15, 0.2) is 36.9 Å². The van der Waals surface area contributed by atoms with Crippen molar-refractivity contribution in [3.8, 4) is 5.75 Å². The number of ether oxygens (including phenoxy) is 1. The number of anilines is 1. The lowest BCUT2D eigenvalue weighted by atomic mass is 9.89. The molecule has 0 radical (unpaired) electrons. The predicted octanol–water partition coefficient (Wildman–Crippen LogP) is 4.00. The molecule has 2 aromatic heterocycles. The molecule has 0 unspecified atom stereocenters. The first-order chi connectivity index (χ1) is 11.8. The highest BCUT2D eigenvalue weighted by molar-refractivity contribution is 6.32. The third-order valence-corrected chi connectivity index (χ3v) is 5.07. The normalized spacial score (nSPS) is 15.8. The standard InChI is InChI=1S/C18H19ClN4O/c1-24-13-2-3-17-14(8-13)15(9-21-17)12-4-6-23(7-5-12)18-16(19)10-20-11-22-18/h2-3,8-12,21H,4-7H2,1H3. The van der Waals surface area contributed by atoms with Crippen LogP contribution in [0.2, 0.25) is 5.02 Å². The van der Waals surface area contributed by atoms with Crippen molar-refractivity contribution >= 4 is 28.3 Å². The molecule has 24 heavy (non-hydrogen) atoms. The van der Waals surface area contributed by atoms with Crippen molar-refractivity contribution in [3.63, 3.8) is 0 Å². The Morgan fingerprint density at radius 3 is 2.88 bits per heavy atom. The lowest BCUT2D eigenvalue weighted by molar-refractivity contribution is 0.415. The molecule has 1 aromatic carbocycles. The predicted molar refractivity (Wildman–Crippen MR) is 96.1 cm³/mol. The van der Waals surface area contributed by atoms with Gasteiger partial charge in [0, 0.05) is 30.2 Å². The zero-order valence-electron chi connectivity index (χ0n) is 13.5. The summed E-state index contributed by atoms with van der Waals surface area (Å²) in [7, 11) is 1.71. The number of fused-ring (bicyclic) bond motifs is 1.